The number of hydrazone groups is 1. The number of hydrogen-bond acceptors (Lipinski definition) is 4. The summed E-state index contributed by atoms with van der Waals surface area (Å²) in [4.78, 5) is 12.7. The fourth-order valence-electron chi connectivity index (χ4n) is 4.41. The topological polar surface area (TPSA) is 83.8 Å². The van der Waals surface area contributed by atoms with Gasteiger partial charge in [0.05, 0.1) is 22.4 Å². The van der Waals surface area contributed by atoms with E-state index < -0.39 is 34.2 Å². The second kappa shape index (κ2) is 11.6. The van der Waals surface area contributed by atoms with E-state index in [1.165, 1.54) is 24.4 Å². The van der Waals surface area contributed by atoms with Gasteiger partial charge in [0.15, 0.2) is 0 Å². The molecular weight excluding hydrogens is 553 g/mol. The summed E-state index contributed by atoms with van der Waals surface area (Å²) < 4.78 is 69.9. The Morgan fingerprint density at radius 2 is 1.61 bits per heavy atom. The van der Waals surface area contributed by atoms with Crippen molar-refractivity contribution >= 4 is 27.8 Å². The molecule has 1 amide bonds. The van der Waals surface area contributed by atoms with E-state index in [0.717, 1.165) is 45.9 Å². The van der Waals surface area contributed by atoms with Gasteiger partial charge in [-0.2, -0.15) is 18.3 Å². The van der Waals surface area contributed by atoms with Crippen LogP contribution in [0, 0.1) is 27.7 Å². The molecule has 11 heteroatoms. The number of hydrogen-bond donors (Lipinski definition) is 1. The van der Waals surface area contributed by atoms with Crippen LogP contribution in [0.4, 0.5) is 18.9 Å². The first-order valence-electron chi connectivity index (χ1n) is 12.6. The third-order valence-corrected chi connectivity index (χ3v) is 8.27. The Bertz CT molecular complexity index is 1710. The molecule has 0 saturated carbocycles. The Hall–Kier alpha value is -4.38. The van der Waals surface area contributed by atoms with E-state index in [9.17, 15) is 26.4 Å². The van der Waals surface area contributed by atoms with Gasteiger partial charge in [0.25, 0.3) is 15.9 Å². The van der Waals surface area contributed by atoms with Crippen molar-refractivity contribution in [3.05, 3.63) is 113 Å². The van der Waals surface area contributed by atoms with Crippen LogP contribution < -0.4 is 9.73 Å². The molecule has 0 radical (unpaired) electrons. The van der Waals surface area contributed by atoms with E-state index in [1.807, 2.05) is 55.7 Å². The van der Waals surface area contributed by atoms with Gasteiger partial charge in [0, 0.05) is 22.6 Å². The molecule has 0 spiro atoms. The third kappa shape index (κ3) is 6.68. The highest BCUT2D eigenvalue weighted by molar-refractivity contribution is 7.92. The molecule has 214 valence electrons. The smallest absolute Gasteiger partial charge is 0.318 e. The van der Waals surface area contributed by atoms with Gasteiger partial charge in [-0.3, -0.25) is 9.10 Å². The van der Waals surface area contributed by atoms with E-state index in [2.05, 4.69) is 10.5 Å². The molecule has 3 aromatic carbocycles. The van der Waals surface area contributed by atoms with Gasteiger partial charge >= 0.3 is 6.18 Å². The maximum atomic E-state index is 13.5. The minimum absolute atomic E-state index is 0.166. The summed E-state index contributed by atoms with van der Waals surface area (Å²) in [5.74, 6) is -0.832. The van der Waals surface area contributed by atoms with Crippen LogP contribution in [-0.2, 0) is 21.0 Å². The first-order valence-corrected chi connectivity index (χ1v) is 14.1. The molecule has 1 heterocycles. The van der Waals surface area contributed by atoms with Crippen LogP contribution in [0.25, 0.3) is 5.69 Å². The van der Waals surface area contributed by atoms with Crippen LogP contribution in [0.2, 0.25) is 0 Å². The maximum Gasteiger partial charge on any atom is 0.416 e. The molecule has 0 unspecified atom stereocenters. The molecule has 4 aromatic rings. The van der Waals surface area contributed by atoms with E-state index in [0.29, 0.717) is 10.4 Å². The summed E-state index contributed by atoms with van der Waals surface area (Å²) in [6, 6.07) is 19.5. The van der Waals surface area contributed by atoms with Gasteiger partial charge in [-0.05, 0) is 81.8 Å². The number of rotatable bonds is 8. The van der Waals surface area contributed by atoms with E-state index in [1.54, 1.807) is 19.1 Å². The summed E-state index contributed by atoms with van der Waals surface area (Å²) >= 11 is 0. The van der Waals surface area contributed by atoms with Gasteiger partial charge in [-0.25, -0.2) is 13.8 Å². The SMILES string of the molecule is Cc1ccc(S(=O)(=O)N(CC(=O)N/N=C\c2cc(C)n(-c3cccc(C)c3)c2C)c2cccc(C(F)(F)F)c2)cc1. The number of benzene rings is 3. The van der Waals surface area contributed by atoms with Crippen LogP contribution in [-0.4, -0.2) is 31.7 Å². The Morgan fingerprint density at radius 3 is 2.27 bits per heavy atom. The zero-order valence-corrected chi connectivity index (χ0v) is 23.7. The number of sulfonamides is 1. The number of nitrogens with one attached hydrogen (secondary N) is 1. The predicted molar refractivity (Wildman–Crippen MR) is 153 cm³/mol. The summed E-state index contributed by atoms with van der Waals surface area (Å²) in [7, 11) is -4.40. The van der Waals surface area contributed by atoms with Crippen molar-refractivity contribution in [2.75, 3.05) is 10.8 Å². The Kier molecular flexibility index (Phi) is 8.39. The molecule has 41 heavy (non-hydrogen) atoms. The van der Waals surface area contributed by atoms with Crippen LogP contribution in [0.15, 0.2) is 88.9 Å². The third-order valence-electron chi connectivity index (χ3n) is 6.48. The number of carbonyl (C=O) groups is 1. The van der Waals surface area contributed by atoms with Crippen molar-refractivity contribution in [3.8, 4) is 5.69 Å². The Morgan fingerprint density at radius 1 is 0.927 bits per heavy atom. The molecule has 7 nitrogen and oxygen atoms in total. The monoisotopic (exact) mass is 582 g/mol. The zero-order chi connectivity index (χ0) is 29.9. The number of nitrogens with zero attached hydrogens (tertiary/aromatic N) is 3. The first-order chi connectivity index (χ1) is 19.3. The zero-order valence-electron chi connectivity index (χ0n) is 22.9. The standard InChI is InChI=1S/C30H29F3N4O3S/c1-20-11-13-28(14-12-20)41(39,40)36(26-9-6-8-25(17-26)30(31,32)33)19-29(38)35-34-18-24-16-22(3)37(23(24)4)27-10-5-7-21(2)15-27/h5-18H,19H2,1-4H3,(H,35,38)/b34-18-. The van der Waals surface area contributed by atoms with Gasteiger partial charge < -0.3 is 4.57 Å². The van der Waals surface area contributed by atoms with Gasteiger partial charge in [0.1, 0.15) is 6.54 Å². The van der Waals surface area contributed by atoms with Crippen molar-refractivity contribution in [1.82, 2.24) is 9.99 Å². The number of amides is 1. The second-order valence-electron chi connectivity index (χ2n) is 9.67. The molecule has 0 bridgehead atoms. The largest absolute Gasteiger partial charge is 0.416 e. The normalized spacial score (nSPS) is 12.1. The summed E-state index contributed by atoms with van der Waals surface area (Å²) in [6.07, 6.45) is -3.26. The predicted octanol–water partition coefficient (Wildman–Crippen LogP) is 6.08. The number of aryl methyl sites for hydroxylation is 3. The molecule has 1 aromatic heterocycles. The summed E-state index contributed by atoms with van der Waals surface area (Å²) in [5, 5.41) is 4.00. The fourth-order valence-corrected chi connectivity index (χ4v) is 5.82. The first kappa shape index (κ1) is 29.6. The lowest BCUT2D eigenvalue weighted by atomic mass is 10.2. The van der Waals surface area contributed by atoms with Gasteiger partial charge in [-0.15, -0.1) is 0 Å². The molecule has 0 atom stereocenters. The molecule has 0 aliphatic carbocycles. The highest BCUT2D eigenvalue weighted by Gasteiger charge is 2.33. The number of alkyl halides is 3. The number of halogens is 3. The number of carbonyl (C=O) groups excluding carboxylic acids is 1. The van der Waals surface area contributed by atoms with Crippen LogP contribution >= 0.6 is 0 Å². The summed E-state index contributed by atoms with van der Waals surface area (Å²) in [5.41, 5.74) is 6.38. The van der Waals surface area contributed by atoms with Crippen molar-refractivity contribution in [2.45, 2.75) is 38.8 Å². The minimum atomic E-state index is -4.70. The van der Waals surface area contributed by atoms with Crippen molar-refractivity contribution < 1.29 is 26.4 Å². The molecule has 4 rings (SSSR count). The minimum Gasteiger partial charge on any atom is -0.318 e. The maximum absolute atomic E-state index is 13.5. The average Bonchev–Trinajstić information content (AvgIpc) is 3.19. The van der Waals surface area contributed by atoms with Crippen LogP contribution in [0.3, 0.4) is 0 Å². The molecule has 0 aliphatic heterocycles. The van der Waals surface area contributed by atoms with E-state index in [-0.39, 0.29) is 10.6 Å². The molecule has 0 saturated heterocycles. The lowest BCUT2D eigenvalue weighted by molar-refractivity contribution is -0.137. The highest BCUT2D eigenvalue weighted by Crippen LogP contribution is 2.33. The highest BCUT2D eigenvalue weighted by atomic mass is 32.2. The van der Waals surface area contributed by atoms with Gasteiger partial charge in [0.2, 0.25) is 0 Å². The van der Waals surface area contributed by atoms with Crippen LogP contribution in [0.5, 0.6) is 0 Å². The van der Waals surface area contributed by atoms with Crippen molar-refractivity contribution in [1.29, 1.82) is 0 Å². The average molecular weight is 583 g/mol. The number of anilines is 1. The summed E-state index contributed by atoms with van der Waals surface area (Å²) in [6.45, 7) is 6.81. The molecule has 1 N–H and O–H groups in total. The Labute approximate surface area is 237 Å². The van der Waals surface area contributed by atoms with Crippen LogP contribution in [0.1, 0.15) is 33.6 Å². The molecular formula is C30H29F3N4O3S. The quantitative estimate of drug-likeness (QED) is 0.202. The Balaban J connectivity index is 1.60. The lowest BCUT2D eigenvalue weighted by Gasteiger charge is -2.24. The second-order valence-corrected chi connectivity index (χ2v) is 11.5. The molecule has 0 fully saturated rings. The lowest BCUT2D eigenvalue weighted by Crippen LogP contribution is -2.39. The van der Waals surface area contributed by atoms with E-state index >= 15 is 0 Å². The van der Waals surface area contributed by atoms with Gasteiger partial charge in [-0.1, -0.05) is 35.9 Å². The van der Waals surface area contributed by atoms with Crippen molar-refractivity contribution in [3.63, 3.8) is 0 Å². The number of aromatic nitrogens is 1. The van der Waals surface area contributed by atoms with Crippen molar-refractivity contribution in [2.24, 2.45) is 5.10 Å². The fraction of sp³-hybridized carbons (Fsp3) is 0.200. The van der Waals surface area contributed by atoms with E-state index in [4.69, 9.17) is 0 Å². The molecule has 0 aliphatic rings.